The van der Waals surface area contributed by atoms with Gasteiger partial charge in [0, 0.05) is 150 Å². The summed E-state index contributed by atoms with van der Waals surface area (Å²) in [6.45, 7) is 0. The number of hydrogen-bond acceptors (Lipinski definition) is 21. The van der Waals surface area contributed by atoms with Gasteiger partial charge in [0.2, 0.25) is 11.4 Å². The van der Waals surface area contributed by atoms with E-state index >= 15 is 0 Å². The van der Waals surface area contributed by atoms with Crippen molar-refractivity contribution in [2.75, 3.05) is 5.73 Å². The van der Waals surface area contributed by atoms with Crippen molar-refractivity contribution < 1.29 is 127 Å². The summed E-state index contributed by atoms with van der Waals surface area (Å²) in [5.74, 6) is -0.890. The van der Waals surface area contributed by atoms with Gasteiger partial charge in [-0.3, -0.25) is 85.0 Å². The molecule has 0 radical (unpaired) electrons. The van der Waals surface area contributed by atoms with Crippen LogP contribution in [0.3, 0.4) is 0 Å². The number of nitro groups is 6. The molecule has 15 aromatic rings. The third-order valence-corrected chi connectivity index (χ3v) is 18.0. The van der Waals surface area contributed by atoms with Crippen LogP contribution in [0.4, 0.5) is 39.8 Å². The molecule has 0 atom stereocenters. The van der Waals surface area contributed by atoms with Crippen molar-refractivity contribution in [3.05, 3.63) is 446 Å². The van der Waals surface area contributed by atoms with Gasteiger partial charge >= 0.3 is 11.4 Å². The zero-order chi connectivity index (χ0) is 84.8. The van der Waals surface area contributed by atoms with E-state index in [-0.39, 0.29) is 123 Å². The molecular formula is C87H62Cl5N13O18. The molecule has 0 bridgehead atoms. The first-order valence-electron chi connectivity index (χ1n) is 35.2. The lowest BCUT2D eigenvalue weighted by molar-refractivity contribution is -0.601. The fourth-order valence-corrected chi connectivity index (χ4v) is 11.9. The van der Waals surface area contributed by atoms with Gasteiger partial charge in [-0.15, -0.1) is 0 Å². The Bertz CT molecular complexity index is 6020. The fraction of sp³-hybridized carbons (Fsp3) is 0. The lowest BCUT2D eigenvalue weighted by atomic mass is 10.0. The van der Waals surface area contributed by atoms with Gasteiger partial charge < -0.3 is 70.7 Å². The number of benzene rings is 9. The second kappa shape index (κ2) is 43.9. The minimum atomic E-state index is -0.769. The summed E-state index contributed by atoms with van der Waals surface area (Å²) >= 11 is 5.43. The summed E-state index contributed by atoms with van der Waals surface area (Å²) < 4.78 is 6.68. The topological polar surface area (TPSA) is 438 Å². The Labute approximate surface area is 727 Å². The van der Waals surface area contributed by atoms with Gasteiger partial charge in [0.1, 0.15) is 34.4 Å². The number of nitrogens with two attached hydrogens (primary N) is 1. The summed E-state index contributed by atoms with van der Waals surface area (Å²) in [6, 6.07) is 73.3. The number of phenols is 3. The summed E-state index contributed by atoms with van der Waals surface area (Å²) in [5.41, 5.74) is 13.4. The van der Waals surface area contributed by atoms with E-state index in [1.807, 2.05) is 101 Å². The van der Waals surface area contributed by atoms with Gasteiger partial charge in [-0.25, -0.2) is 0 Å². The number of carbonyl (C=O) groups is 3. The van der Waals surface area contributed by atoms with Crippen LogP contribution >= 0.6 is 11.6 Å². The number of aromatic hydroxyl groups is 3. The number of ketones is 3. The van der Waals surface area contributed by atoms with Gasteiger partial charge in [0.25, 0.3) is 34.1 Å². The summed E-state index contributed by atoms with van der Waals surface area (Å²) in [6.07, 6.45) is 21.0. The Morgan fingerprint density at radius 1 is 0.301 bits per heavy atom. The molecule has 6 aromatic heterocycles. The Kier molecular flexibility index (Phi) is 33.6. The average Bonchev–Trinajstić information content (AvgIpc) is 0.802. The quantitative estimate of drug-likeness (QED) is 0.0223. The molecule has 36 heteroatoms. The summed E-state index contributed by atoms with van der Waals surface area (Å²) in [4.78, 5) is 107. The average molecular weight is 1750 g/mol. The molecule has 6 heterocycles. The predicted molar refractivity (Wildman–Crippen MR) is 434 cm³/mol. The molecule has 0 amide bonds. The van der Waals surface area contributed by atoms with E-state index in [2.05, 4.69) is 9.97 Å². The lowest BCUT2D eigenvalue weighted by Gasteiger charge is -2.06. The van der Waals surface area contributed by atoms with Crippen LogP contribution in [0.2, 0.25) is 5.02 Å². The molecule has 0 unspecified atom stereocenters. The van der Waals surface area contributed by atoms with Crippen LogP contribution in [-0.2, 0) is 0 Å². The van der Waals surface area contributed by atoms with Crippen molar-refractivity contribution in [2.45, 2.75) is 0 Å². The van der Waals surface area contributed by atoms with Crippen molar-refractivity contribution in [2.24, 2.45) is 0 Å². The molecule has 0 aliphatic heterocycles. The number of nitrogen functional groups attached to an aromatic ring is 1. The maximum atomic E-state index is 13.0. The maximum Gasteiger partial charge on any atom is 0.347 e. The van der Waals surface area contributed by atoms with E-state index in [9.17, 15) is 90.4 Å². The lowest BCUT2D eigenvalue weighted by Crippen LogP contribution is -3.00. The third kappa shape index (κ3) is 24.1. The number of nitrogens with zero attached hydrogens (tertiary/aromatic N) is 12. The van der Waals surface area contributed by atoms with Crippen LogP contribution in [0.5, 0.6) is 17.2 Å². The molecule has 0 saturated heterocycles. The molecule has 9 aromatic carbocycles. The number of rotatable bonds is 19. The Balaban J connectivity index is 0.000000229. The molecule has 618 valence electrons. The highest BCUT2D eigenvalue weighted by Crippen LogP contribution is 2.32. The van der Waals surface area contributed by atoms with E-state index in [1.54, 1.807) is 177 Å². The van der Waals surface area contributed by atoms with Gasteiger partial charge in [-0.2, -0.15) is 18.3 Å². The van der Waals surface area contributed by atoms with Crippen molar-refractivity contribution in [1.29, 1.82) is 0 Å². The molecule has 0 saturated carbocycles. The Hall–Kier alpha value is -16.1. The van der Waals surface area contributed by atoms with Gasteiger partial charge in [-0.1, -0.05) is 103 Å². The number of phenolic OH excluding ortho intramolecular Hbond substituents is 3. The first kappa shape index (κ1) is 94.1. The molecule has 0 aliphatic carbocycles. The molecule has 31 nitrogen and oxygen atoms in total. The number of hydrogen-bond donors (Lipinski definition) is 4. The van der Waals surface area contributed by atoms with E-state index < -0.39 is 58.0 Å². The number of anilines is 1. The van der Waals surface area contributed by atoms with Crippen molar-refractivity contribution in [1.82, 2.24) is 9.97 Å². The second-order valence-electron chi connectivity index (χ2n) is 25.2. The monoisotopic (exact) mass is 1750 g/mol. The molecule has 0 fully saturated rings. The highest BCUT2D eigenvalue weighted by Gasteiger charge is 2.29. The normalized spacial score (nSPS) is 10.0. The highest BCUT2D eigenvalue weighted by atomic mass is 35.5. The third-order valence-electron chi connectivity index (χ3n) is 17.7. The molecular weight excluding hydrogens is 1690 g/mol. The predicted octanol–water partition coefficient (Wildman–Crippen LogP) is 3.84. The number of pyridine rings is 6. The van der Waals surface area contributed by atoms with Crippen LogP contribution in [0.1, 0.15) is 47.8 Å². The highest BCUT2D eigenvalue weighted by molar-refractivity contribution is 6.32. The van der Waals surface area contributed by atoms with Crippen LogP contribution in [0.25, 0.3) is 56.1 Å². The minimum absolute atomic E-state index is 0. The number of carbonyl (C=O) groups excluding carboxylic acids is 3. The van der Waals surface area contributed by atoms with E-state index in [0.717, 1.165) is 64.0 Å². The summed E-state index contributed by atoms with van der Waals surface area (Å²) in [7, 11) is 0. The first-order valence-corrected chi connectivity index (χ1v) is 35.5. The SMILES string of the molecule is Nc1ccc(O)c(C(=O)c2ccccc2)c1.O=C(c1ccccc1)c1cc(-[n+]2ccc(-c3cc[n+](-c4ccc(O)c(C(=O)c5ccccc5)c4)cc3)cc2)ccc1O.O=[N+]([O-])c1ccc(-[n+]2ccc(-c3cc[n+](-c4ccc([N+](=O)[O-])cc4[N+](=O)[O-])cc3)cc2)c([N+](=O)[O-])c1.O=[N+]([O-])c1ccc(Cl)c([N+](=O)[O-])c1.[Cl-].[Cl-].[Cl-].[Cl-].c1cc(-c2ccncc2)ccn1. The van der Waals surface area contributed by atoms with Crippen molar-refractivity contribution in [3.63, 3.8) is 0 Å². The molecule has 0 aliphatic rings. The molecule has 15 rings (SSSR count). The number of halogens is 5. The molecule has 123 heavy (non-hydrogen) atoms. The second-order valence-corrected chi connectivity index (χ2v) is 25.6. The summed E-state index contributed by atoms with van der Waals surface area (Å²) in [5, 5.41) is 95.4. The van der Waals surface area contributed by atoms with E-state index in [4.69, 9.17) is 17.3 Å². The zero-order valence-corrected chi connectivity index (χ0v) is 67.0. The zero-order valence-electron chi connectivity index (χ0n) is 63.2. The standard InChI is InChI=1S/C36H24N2O4.C22H14N6O8.C13H11NO2.C10H8N2.C6H3ClN2O4.4ClH/c39-33-13-11-29(23-31(33)35(41)27-7-3-1-4-8-27)37-19-15-25(16-20-37)26-17-21-38(22-18-26)30-12-14-34(40)32(24-30)36(42)28-9-5-2-6-10-28;29-25(30)17-1-3-19(21(13-17)27(33)34)23-9-5-15(6-10-23)16-7-11-24(12-8-16)20-4-2-18(26(31)32)14-22(20)28(35)36;14-10-6-7-12(15)11(8-10)13(16)9-4-2-1-3-5-9;1-5-11-6-2-9(1)10-3-7-12-8-4-10;7-5-2-1-4(8(10)11)3-6(5)9(12)13;;;;/h1-24H;1-14H;1-8,15H,14H2;1-8H;1-3H;4*1H/q;+2;;;;;;;/p-2. The molecule has 5 N–H and O–H groups in total. The number of nitro benzene ring substituents is 6. The van der Waals surface area contributed by atoms with Crippen LogP contribution in [-0.4, -0.2) is 72.2 Å². The largest absolute Gasteiger partial charge is 1.00 e. The maximum absolute atomic E-state index is 13.0. The smallest absolute Gasteiger partial charge is 0.347 e. The van der Waals surface area contributed by atoms with Crippen molar-refractivity contribution >= 4 is 68.8 Å². The minimum Gasteiger partial charge on any atom is -1.00 e. The van der Waals surface area contributed by atoms with Gasteiger partial charge in [-0.05, 0) is 94.0 Å². The van der Waals surface area contributed by atoms with Crippen LogP contribution in [0, 0.1) is 60.7 Å². The van der Waals surface area contributed by atoms with Crippen molar-refractivity contribution in [3.8, 4) is 73.4 Å². The number of non-ortho nitro benzene ring substituents is 3. The van der Waals surface area contributed by atoms with E-state index in [0.29, 0.717) is 22.4 Å². The fourth-order valence-electron chi connectivity index (χ4n) is 11.7. The Morgan fingerprint density at radius 3 is 0.870 bits per heavy atom. The van der Waals surface area contributed by atoms with E-state index in [1.165, 1.54) is 68.8 Å². The Morgan fingerprint density at radius 2 is 0.569 bits per heavy atom. The first-order chi connectivity index (χ1) is 57.3. The van der Waals surface area contributed by atoms with Gasteiger partial charge in [0.15, 0.2) is 66.9 Å². The number of aromatic nitrogens is 6. The van der Waals surface area contributed by atoms with Gasteiger partial charge in [0.05, 0.1) is 52.3 Å². The van der Waals surface area contributed by atoms with Crippen LogP contribution in [0.15, 0.2) is 347 Å². The molecule has 0 spiro atoms. The van der Waals surface area contributed by atoms with Crippen LogP contribution < -0.4 is 73.6 Å².